The van der Waals surface area contributed by atoms with Gasteiger partial charge in [0.15, 0.2) is 5.65 Å². The third kappa shape index (κ3) is 3.13. The molecule has 0 unspecified atom stereocenters. The van der Waals surface area contributed by atoms with Gasteiger partial charge in [0.2, 0.25) is 5.88 Å². The highest BCUT2D eigenvalue weighted by Gasteiger charge is 2.13. The van der Waals surface area contributed by atoms with E-state index in [1.54, 1.807) is 10.9 Å². The van der Waals surface area contributed by atoms with Gasteiger partial charge in [0.05, 0.1) is 11.9 Å². The number of benzene rings is 2. The first-order valence-corrected chi connectivity index (χ1v) is 8.72. The van der Waals surface area contributed by atoms with Gasteiger partial charge >= 0.3 is 0 Å². The van der Waals surface area contributed by atoms with Gasteiger partial charge in [-0.25, -0.2) is 14.6 Å². The lowest BCUT2D eigenvalue weighted by Crippen LogP contribution is -1.98. The molecule has 0 fully saturated rings. The fourth-order valence-corrected chi connectivity index (χ4v) is 2.92. The first kappa shape index (κ1) is 16.5. The van der Waals surface area contributed by atoms with E-state index in [9.17, 15) is 0 Å². The predicted molar refractivity (Wildman–Crippen MR) is 102 cm³/mol. The highest BCUT2D eigenvalue weighted by Crippen LogP contribution is 2.29. The summed E-state index contributed by atoms with van der Waals surface area (Å²) in [5.74, 6) is 1.68. The number of halogens is 1. The molecule has 5 nitrogen and oxygen atoms in total. The van der Waals surface area contributed by atoms with E-state index in [-0.39, 0.29) is 0 Å². The summed E-state index contributed by atoms with van der Waals surface area (Å²) in [4.78, 5) is 8.62. The molecule has 2 heterocycles. The van der Waals surface area contributed by atoms with Gasteiger partial charge in [-0.2, -0.15) is 5.10 Å². The Morgan fingerprint density at radius 3 is 2.58 bits per heavy atom. The number of ether oxygens (including phenoxy) is 1. The third-order valence-corrected chi connectivity index (χ3v) is 4.38. The molecule has 0 bridgehead atoms. The van der Waals surface area contributed by atoms with E-state index in [0.29, 0.717) is 22.5 Å². The summed E-state index contributed by atoms with van der Waals surface area (Å²) in [5, 5.41) is 5.80. The van der Waals surface area contributed by atoms with Crippen LogP contribution in [-0.4, -0.2) is 19.7 Å². The summed E-state index contributed by atoms with van der Waals surface area (Å²) >= 11 is 6.09. The Balaban J connectivity index is 1.71. The summed E-state index contributed by atoms with van der Waals surface area (Å²) in [5.41, 5.74) is 2.76. The Labute approximate surface area is 156 Å². The van der Waals surface area contributed by atoms with Gasteiger partial charge in [-0.1, -0.05) is 43.6 Å². The van der Waals surface area contributed by atoms with Crippen LogP contribution >= 0.6 is 11.6 Å². The number of rotatable bonds is 4. The van der Waals surface area contributed by atoms with E-state index in [1.165, 1.54) is 11.9 Å². The maximum absolute atomic E-state index is 6.09. The zero-order valence-electron chi connectivity index (χ0n) is 14.4. The fourth-order valence-electron chi connectivity index (χ4n) is 2.73. The molecule has 2 aromatic heterocycles. The number of fused-ring (bicyclic) bond motifs is 1. The van der Waals surface area contributed by atoms with Crippen molar-refractivity contribution in [3.8, 4) is 17.3 Å². The maximum Gasteiger partial charge on any atom is 0.233 e. The minimum atomic E-state index is 0.473. The van der Waals surface area contributed by atoms with Crippen LogP contribution in [0.25, 0.3) is 16.7 Å². The molecule has 130 valence electrons. The molecule has 6 heteroatoms. The smallest absolute Gasteiger partial charge is 0.233 e. The molecule has 0 amide bonds. The number of aromatic nitrogens is 4. The van der Waals surface area contributed by atoms with E-state index < -0.39 is 0 Å². The molecular weight excluding hydrogens is 348 g/mol. The predicted octanol–water partition coefficient (Wildman–Crippen LogP) is 5.38. The molecule has 0 N–H and O–H groups in total. The van der Waals surface area contributed by atoms with Gasteiger partial charge in [0.1, 0.15) is 17.5 Å². The van der Waals surface area contributed by atoms with Crippen LogP contribution in [0.1, 0.15) is 25.3 Å². The molecule has 0 aliphatic carbocycles. The van der Waals surface area contributed by atoms with E-state index in [2.05, 4.69) is 41.0 Å². The quantitative estimate of drug-likeness (QED) is 0.487. The van der Waals surface area contributed by atoms with Crippen LogP contribution in [0.3, 0.4) is 0 Å². The molecule has 4 aromatic rings. The molecule has 0 atom stereocenters. The summed E-state index contributed by atoms with van der Waals surface area (Å²) < 4.78 is 7.69. The van der Waals surface area contributed by atoms with E-state index >= 15 is 0 Å². The molecule has 0 aliphatic heterocycles. The molecule has 0 saturated carbocycles. The lowest BCUT2D eigenvalue weighted by atomic mass is 10.0. The lowest BCUT2D eigenvalue weighted by Gasteiger charge is -2.08. The molecule has 2 aromatic carbocycles. The second-order valence-electron chi connectivity index (χ2n) is 6.28. The molecule has 0 saturated heterocycles. The van der Waals surface area contributed by atoms with Gasteiger partial charge in [-0.15, -0.1) is 0 Å². The van der Waals surface area contributed by atoms with Crippen molar-refractivity contribution >= 4 is 22.6 Å². The Morgan fingerprint density at radius 1 is 1.04 bits per heavy atom. The van der Waals surface area contributed by atoms with Gasteiger partial charge in [-0.3, -0.25) is 0 Å². The molecule has 0 aliphatic rings. The SMILES string of the molecule is CC(C)c1ccc(Oc2ncnc3c2cnn3-c2cccc(Cl)c2)cc1. The third-order valence-electron chi connectivity index (χ3n) is 4.14. The highest BCUT2D eigenvalue weighted by molar-refractivity contribution is 6.30. The number of hydrogen-bond acceptors (Lipinski definition) is 4. The Kier molecular flexibility index (Phi) is 4.31. The second kappa shape index (κ2) is 6.77. The first-order chi connectivity index (χ1) is 12.6. The standard InChI is InChI=1S/C20H17ClN4O/c1-13(2)14-6-8-17(9-7-14)26-20-18-11-24-25(19(18)22-12-23-20)16-5-3-4-15(21)10-16/h3-13H,1-2H3. The maximum atomic E-state index is 6.09. The zero-order valence-corrected chi connectivity index (χ0v) is 15.2. The fraction of sp³-hybridized carbons (Fsp3) is 0.150. The summed E-state index contributed by atoms with van der Waals surface area (Å²) in [6, 6.07) is 15.5. The van der Waals surface area contributed by atoms with Crippen molar-refractivity contribution in [2.24, 2.45) is 0 Å². The van der Waals surface area contributed by atoms with Crippen molar-refractivity contribution in [1.29, 1.82) is 0 Å². The topological polar surface area (TPSA) is 52.8 Å². The van der Waals surface area contributed by atoms with E-state index in [0.717, 1.165) is 16.8 Å². The van der Waals surface area contributed by atoms with Crippen LogP contribution in [0.2, 0.25) is 5.02 Å². The minimum Gasteiger partial charge on any atom is -0.438 e. The van der Waals surface area contributed by atoms with Gasteiger partial charge in [0, 0.05) is 5.02 Å². The van der Waals surface area contributed by atoms with Crippen LogP contribution in [-0.2, 0) is 0 Å². The summed E-state index contributed by atoms with van der Waals surface area (Å²) in [7, 11) is 0. The highest BCUT2D eigenvalue weighted by atomic mass is 35.5. The van der Waals surface area contributed by atoms with Crippen LogP contribution < -0.4 is 4.74 Å². The number of hydrogen-bond donors (Lipinski definition) is 0. The number of nitrogens with zero attached hydrogens (tertiary/aromatic N) is 4. The first-order valence-electron chi connectivity index (χ1n) is 8.34. The van der Waals surface area contributed by atoms with Crippen molar-refractivity contribution in [1.82, 2.24) is 19.7 Å². The lowest BCUT2D eigenvalue weighted by molar-refractivity contribution is 0.468. The Morgan fingerprint density at radius 2 is 1.85 bits per heavy atom. The van der Waals surface area contributed by atoms with Crippen molar-refractivity contribution in [3.05, 3.63) is 71.6 Å². The van der Waals surface area contributed by atoms with E-state index in [1.807, 2.05) is 36.4 Å². The van der Waals surface area contributed by atoms with Gasteiger partial charge in [0.25, 0.3) is 0 Å². The van der Waals surface area contributed by atoms with Gasteiger partial charge in [-0.05, 0) is 41.8 Å². The Hall–Kier alpha value is -2.92. The van der Waals surface area contributed by atoms with Crippen LogP contribution in [0.4, 0.5) is 0 Å². The van der Waals surface area contributed by atoms with Crippen molar-refractivity contribution in [3.63, 3.8) is 0 Å². The molecular formula is C20H17ClN4O. The minimum absolute atomic E-state index is 0.473. The van der Waals surface area contributed by atoms with Crippen molar-refractivity contribution in [2.45, 2.75) is 19.8 Å². The van der Waals surface area contributed by atoms with Crippen LogP contribution in [0, 0.1) is 0 Å². The normalized spacial score (nSPS) is 11.2. The van der Waals surface area contributed by atoms with Crippen LogP contribution in [0.15, 0.2) is 61.1 Å². The second-order valence-corrected chi connectivity index (χ2v) is 6.71. The van der Waals surface area contributed by atoms with Crippen molar-refractivity contribution < 1.29 is 4.74 Å². The summed E-state index contributed by atoms with van der Waals surface area (Å²) in [6.45, 7) is 4.32. The average molecular weight is 365 g/mol. The average Bonchev–Trinajstić information content (AvgIpc) is 3.07. The monoisotopic (exact) mass is 364 g/mol. The van der Waals surface area contributed by atoms with Crippen molar-refractivity contribution in [2.75, 3.05) is 0 Å². The molecule has 0 radical (unpaired) electrons. The Bertz CT molecular complexity index is 1060. The molecule has 26 heavy (non-hydrogen) atoms. The zero-order chi connectivity index (χ0) is 18.1. The van der Waals surface area contributed by atoms with E-state index in [4.69, 9.17) is 16.3 Å². The van der Waals surface area contributed by atoms with Crippen LogP contribution in [0.5, 0.6) is 11.6 Å². The molecule has 0 spiro atoms. The van der Waals surface area contributed by atoms with Gasteiger partial charge < -0.3 is 4.74 Å². The summed E-state index contributed by atoms with van der Waals surface area (Å²) in [6.07, 6.45) is 3.18. The molecule has 4 rings (SSSR count). The largest absolute Gasteiger partial charge is 0.438 e.